The van der Waals surface area contributed by atoms with Crippen molar-refractivity contribution in [1.82, 2.24) is 39.5 Å². The number of primary amides is 1. The molecule has 3 N–H and O–H groups in total. The fourth-order valence-electron chi connectivity index (χ4n) is 8.99. The van der Waals surface area contributed by atoms with Gasteiger partial charge in [0.15, 0.2) is 5.65 Å². The zero-order valence-electron chi connectivity index (χ0n) is 32.3. The number of imide groups is 1. The first-order valence-electron chi connectivity index (χ1n) is 20.3. The Kier molecular flexibility index (Phi) is 10.5. The lowest BCUT2D eigenvalue weighted by Gasteiger charge is -2.38. The lowest BCUT2D eigenvalue weighted by atomic mass is 9.94. The summed E-state index contributed by atoms with van der Waals surface area (Å²) in [5.74, 6) is 1.33. The van der Waals surface area contributed by atoms with E-state index in [1.54, 1.807) is 21.8 Å². The highest BCUT2D eigenvalue weighted by Gasteiger charge is 2.39. The summed E-state index contributed by atoms with van der Waals surface area (Å²) in [5, 5.41) is 13.6. The highest BCUT2D eigenvalue weighted by atomic mass is 35.5. The molecule has 7 heterocycles. The molecule has 0 spiro atoms. The van der Waals surface area contributed by atoms with Gasteiger partial charge < -0.3 is 25.2 Å². The molecule has 10 rings (SSSR count). The van der Waals surface area contributed by atoms with Gasteiger partial charge in [-0.15, -0.1) is 0 Å². The maximum absolute atomic E-state index is 13.2. The van der Waals surface area contributed by atoms with E-state index < -0.39 is 6.04 Å². The van der Waals surface area contributed by atoms with E-state index in [0.717, 1.165) is 103 Å². The lowest BCUT2D eigenvalue weighted by Crippen LogP contribution is -2.52. The number of rotatable bonds is 9. The van der Waals surface area contributed by atoms with Gasteiger partial charge in [-0.05, 0) is 86.6 Å². The molecule has 3 saturated heterocycles. The van der Waals surface area contributed by atoms with Crippen molar-refractivity contribution < 1.29 is 23.9 Å². The van der Waals surface area contributed by atoms with E-state index in [2.05, 4.69) is 60.0 Å². The molecule has 5 aromatic rings. The van der Waals surface area contributed by atoms with E-state index in [0.29, 0.717) is 48.0 Å². The van der Waals surface area contributed by atoms with Crippen LogP contribution in [-0.2, 0) is 20.9 Å². The summed E-state index contributed by atoms with van der Waals surface area (Å²) in [4.78, 5) is 57.1. The number of hydrogen-bond donors (Lipinski definition) is 2. The minimum atomic E-state index is -0.590. The number of ether oxygens (including phenoxy) is 1. The van der Waals surface area contributed by atoms with E-state index in [1.165, 1.54) is 12.8 Å². The number of likely N-dealkylation sites (tertiary alicyclic amines) is 1. The predicted molar refractivity (Wildman–Crippen MR) is 217 cm³/mol. The van der Waals surface area contributed by atoms with Crippen molar-refractivity contribution in [2.45, 2.75) is 70.0 Å². The first kappa shape index (κ1) is 38.0. The van der Waals surface area contributed by atoms with Crippen molar-refractivity contribution in [2.75, 3.05) is 44.2 Å². The van der Waals surface area contributed by atoms with Gasteiger partial charge in [0.1, 0.15) is 11.8 Å². The lowest BCUT2D eigenvalue weighted by molar-refractivity contribution is -0.136. The topological polar surface area (TPSA) is 173 Å². The number of halogens is 1. The summed E-state index contributed by atoms with van der Waals surface area (Å²) in [5.41, 5.74) is 10.5. The summed E-state index contributed by atoms with van der Waals surface area (Å²) >= 11 is 6.19. The van der Waals surface area contributed by atoms with Gasteiger partial charge in [-0.2, -0.15) is 10.2 Å². The monoisotopic (exact) mass is 806 g/mol. The van der Waals surface area contributed by atoms with Crippen molar-refractivity contribution >= 4 is 58.0 Å². The molecule has 1 saturated carbocycles. The van der Waals surface area contributed by atoms with Gasteiger partial charge in [0.25, 0.3) is 5.91 Å². The van der Waals surface area contributed by atoms with Gasteiger partial charge >= 0.3 is 0 Å². The fourth-order valence-corrected chi connectivity index (χ4v) is 9.13. The van der Waals surface area contributed by atoms with Crippen LogP contribution in [0.25, 0.3) is 27.7 Å². The maximum Gasteiger partial charge on any atom is 0.255 e. The Morgan fingerprint density at radius 3 is 2.45 bits per heavy atom. The number of hydrogen-bond acceptors (Lipinski definition) is 10. The molecule has 15 nitrogen and oxygen atoms in total. The Morgan fingerprint density at radius 1 is 0.897 bits per heavy atom. The Morgan fingerprint density at radius 2 is 1.69 bits per heavy atom. The summed E-state index contributed by atoms with van der Waals surface area (Å²) < 4.78 is 10.3. The molecule has 0 radical (unpaired) electrons. The average Bonchev–Trinajstić information content (AvgIpc) is 3.68. The molecular weight excluding hydrogens is 760 g/mol. The second-order valence-electron chi connectivity index (χ2n) is 16.2. The number of amides is 4. The molecule has 16 heteroatoms. The van der Waals surface area contributed by atoms with Gasteiger partial charge in [-0.1, -0.05) is 11.6 Å². The molecule has 3 aromatic heterocycles. The molecule has 1 aliphatic carbocycles. The van der Waals surface area contributed by atoms with Crippen LogP contribution < -0.4 is 20.7 Å². The number of nitrogens with one attached hydrogen (secondary N) is 1. The van der Waals surface area contributed by atoms with Crippen molar-refractivity contribution in [2.24, 2.45) is 17.6 Å². The standard InChI is InChI=1S/C41H44ClN9O4.CH3NO/c42-29-18-43-39-34(19-44-51(39)23-29)33-16-28-22-50(46-35(28)17-37(33)55-24-26-1-2-26)30-9-11-47(12-10-30)20-25-7-13-48(14-8-25)31-3-4-32-27(15-31)21-49(41(32)54)36-5-6-38(52)45-40(36)53;2-1-3/h3-4,15-19,22-23,25-26,30,36H,1-2,5-14,20-21,24H2,(H,45,52,53);1H,(H2,2,3). The molecule has 5 aliphatic rings. The smallest absolute Gasteiger partial charge is 0.255 e. The second-order valence-corrected chi connectivity index (χ2v) is 16.6. The second kappa shape index (κ2) is 16.0. The van der Waals surface area contributed by atoms with Crippen molar-refractivity contribution in [1.29, 1.82) is 0 Å². The fraction of sp³-hybridized carbons (Fsp3) is 0.452. The number of benzene rings is 2. The summed E-state index contributed by atoms with van der Waals surface area (Å²) in [6, 6.07) is 10.1. The molecule has 302 valence electrons. The first-order valence-corrected chi connectivity index (χ1v) is 20.7. The SMILES string of the molecule is NC=O.O=C1CCC(N2Cc3cc(N4CCC(CN5CCC(n6cc7cc(-c8cnn9cc(Cl)cnc89)c(OCC8CC8)cc7n6)CC5)CC4)ccc3C2=O)C(=O)N1. The van der Waals surface area contributed by atoms with Crippen LogP contribution in [0.5, 0.6) is 5.75 Å². The van der Waals surface area contributed by atoms with Crippen LogP contribution in [0.1, 0.15) is 73.3 Å². The average molecular weight is 807 g/mol. The van der Waals surface area contributed by atoms with Gasteiger partial charge in [0, 0.05) is 86.3 Å². The van der Waals surface area contributed by atoms with Crippen molar-refractivity contribution in [3.63, 3.8) is 0 Å². The van der Waals surface area contributed by atoms with Gasteiger partial charge in [0.2, 0.25) is 18.2 Å². The van der Waals surface area contributed by atoms with Gasteiger partial charge in [0.05, 0.1) is 41.1 Å². The third-order valence-electron chi connectivity index (χ3n) is 12.3. The molecule has 4 amide bonds. The van der Waals surface area contributed by atoms with E-state index >= 15 is 0 Å². The predicted octanol–water partition coefficient (Wildman–Crippen LogP) is 4.60. The van der Waals surface area contributed by atoms with E-state index in [1.807, 2.05) is 18.3 Å². The van der Waals surface area contributed by atoms with E-state index in [4.69, 9.17) is 26.2 Å². The van der Waals surface area contributed by atoms with Crippen LogP contribution in [0.3, 0.4) is 0 Å². The van der Waals surface area contributed by atoms with Crippen LogP contribution in [0.2, 0.25) is 5.02 Å². The van der Waals surface area contributed by atoms with E-state index in [9.17, 15) is 14.4 Å². The number of piperidine rings is 3. The number of aromatic nitrogens is 5. The summed E-state index contributed by atoms with van der Waals surface area (Å²) in [6.07, 6.45) is 15.2. The number of nitrogens with two attached hydrogens (primary N) is 1. The van der Waals surface area contributed by atoms with Crippen LogP contribution >= 0.6 is 11.6 Å². The highest BCUT2D eigenvalue weighted by Crippen LogP contribution is 2.39. The summed E-state index contributed by atoms with van der Waals surface area (Å²) in [6.45, 7) is 6.31. The zero-order chi connectivity index (χ0) is 39.9. The molecule has 1 unspecified atom stereocenters. The number of carbonyl (C=O) groups is 4. The van der Waals surface area contributed by atoms with Crippen LogP contribution in [0.4, 0.5) is 5.69 Å². The number of carbonyl (C=O) groups excluding carboxylic acids is 4. The molecular formula is C42H47ClN10O5. The normalized spacial score (nSPS) is 20.6. The minimum absolute atomic E-state index is 0.125. The zero-order valence-corrected chi connectivity index (χ0v) is 33.0. The highest BCUT2D eigenvalue weighted by molar-refractivity contribution is 6.30. The largest absolute Gasteiger partial charge is 0.493 e. The number of nitrogens with zero attached hydrogens (tertiary/aromatic N) is 8. The molecule has 1 atom stereocenters. The number of anilines is 1. The van der Waals surface area contributed by atoms with Crippen LogP contribution in [-0.4, -0.2) is 104 Å². The van der Waals surface area contributed by atoms with Crippen LogP contribution in [0.15, 0.2) is 55.1 Å². The Balaban J connectivity index is 0.00000141. The Labute approximate surface area is 340 Å². The third kappa shape index (κ3) is 7.72. The van der Waals surface area contributed by atoms with Crippen molar-refractivity contribution in [3.8, 4) is 16.9 Å². The van der Waals surface area contributed by atoms with Gasteiger partial charge in [-0.25, -0.2) is 9.50 Å². The van der Waals surface area contributed by atoms with Crippen molar-refractivity contribution in [3.05, 3.63) is 71.3 Å². The molecule has 4 aliphatic heterocycles. The molecule has 58 heavy (non-hydrogen) atoms. The third-order valence-corrected chi connectivity index (χ3v) is 12.5. The first-order chi connectivity index (χ1) is 28.2. The Bertz CT molecular complexity index is 2380. The quantitative estimate of drug-likeness (QED) is 0.158. The maximum atomic E-state index is 13.2. The van der Waals surface area contributed by atoms with Gasteiger partial charge in [-0.3, -0.25) is 29.2 Å². The Hall–Kier alpha value is -5.54. The molecule has 0 bridgehead atoms. The molecule has 4 fully saturated rings. The minimum Gasteiger partial charge on any atom is -0.493 e. The van der Waals surface area contributed by atoms with E-state index in [-0.39, 0.29) is 30.6 Å². The molecule has 2 aromatic carbocycles. The number of fused-ring (bicyclic) bond motifs is 3. The summed E-state index contributed by atoms with van der Waals surface area (Å²) in [7, 11) is 0. The van der Waals surface area contributed by atoms with Crippen LogP contribution in [0, 0.1) is 11.8 Å².